The van der Waals surface area contributed by atoms with Gasteiger partial charge in [0.1, 0.15) is 5.82 Å². The molecule has 1 fully saturated rings. The van der Waals surface area contributed by atoms with Crippen molar-refractivity contribution in [3.63, 3.8) is 0 Å². The lowest BCUT2D eigenvalue weighted by Crippen LogP contribution is -2.41. The van der Waals surface area contributed by atoms with Crippen LogP contribution in [0, 0.1) is 24.5 Å². The molecule has 3 aromatic heterocycles. The van der Waals surface area contributed by atoms with Crippen LogP contribution in [0.2, 0.25) is 0 Å². The number of ketones is 1. The highest BCUT2D eigenvalue weighted by Crippen LogP contribution is 2.36. The summed E-state index contributed by atoms with van der Waals surface area (Å²) in [4.78, 5) is 23.5. The van der Waals surface area contributed by atoms with Crippen molar-refractivity contribution in [2.75, 3.05) is 36.9 Å². The van der Waals surface area contributed by atoms with Crippen molar-refractivity contribution in [3.05, 3.63) is 88.9 Å². The Kier molecular flexibility index (Phi) is 6.38. The van der Waals surface area contributed by atoms with Crippen LogP contribution < -0.4 is 15.4 Å². The molecule has 9 nitrogen and oxygen atoms in total. The molecule has 2 aliphatic heterocycles. The Hall–Kier alpha value is -4.77. The second-order valence-corrected chi connectivity index (χ2v) is 10.8. The third-order valence-electron chi connectivity index (χ3n) is 7.98. The van der Waals surface area contributed by atoms with E-state index in [0.29, 0.717) is 22.9 Å². The number of hydrogen-bond donors (Lipinski definition) is 2. The van der Waals surface area contributed by atoms with Crippen molar-refractivity contribution >= 4 is 28.2 Å². The molecule has 11 heteroatoms. The zero-order valence-electron chi connectivity index (χ0n) is 22.9. The number of benzene rings is 2. The number of H-pyrrole nitrogens is 1. The van der Waals surface area contributed by atoms with Crippen LogP contribution in [0.1, 0.15) is 33.6 Å². The van der Waals surface area contributed by atoms with Crippen LogP contribution in [0.3, 0.4) is 0 Å². The van der Waals surface area contributed by atoms with Gasteiger partial charge in [-0.1, -0.05) is 6.07 Å². The Bertz CT molecular complexity index is 1820. The molecule has 7 rings (SSSR count). The van der Waals surface area contributed by atoms with E-state index < -0.39 is 17.4 Å². The van der Waals surface area contributed by atoms with Crippen LogP contribution >= 0.6 is 0 Å². The number of rotatable bonds is 7. The molecule has 0 saturated carbocycles. The lowest BCUT2D eigenvalue weighted by atomic mass is 9.96. The maximum absolute atomic E-state index is 14.0. The SMILES string of the molecule is Cc1cc(Oc2c(F)cccc2F)ncc1-n1ncc(C(=O)c2cc3c4c(ccc3[nH]2)N(CC2COC2)CCC4)c1N. The van der Waals surface area contributed by atoms with Crippen LogP contribution in [0.25, 0.3) is 16.6 Å². The molecule has 3 N–H and O–H groups in total. The molecule has 1 saturated heterocycles. The highest BCUT2D eigenvalue weighted by atomic mass is 19.1. The quantitative estimate of drug-likeness (QED) is 0.254. The number of nitrogen functional groups attached to an aromatic ring is 1. The van der Waals surface area contributed by atoms with Crippen LogP contribution in [0.5, 0.6) is 11.6 Å². The maximum Gasteiger partial charge on any atom is 0.219 e. The monoisotopic (exact) mass is 570 g/mol. The second-order valence-electron chi connectivity index (χ2n) is 10.8. The number of aromatic amines is 1. The summed E-state index contributed by atoms with van der Waals surface area (Å²) >= 11 is 0. The van der Waals surface area contributed by atoms with E-state index in [4.69, 9.17) is 15.2 Å². The first-order valence-corrected chi connectivity index (χ1v) is 13.8. The zero-order chi connectivity index (χ0) is 29.0. The van der Waals surface area contributed by atoms with Crippen molar-refractivity contribution in [3.8, 4) is 17.3 Å². The molecule has 2 aromatic carbocycles. The fourth-order valence-corrected chi connectivity index (χ4v) is 5.75. The molecular weight excluding hydrogens is 542 g/mol. The van der Waals surface area contributed by atoms with Gasteiger partial charge in [0.25, 0.3) is 0 Å². The minimum absolute atomic E-state index is 0.00303. The first kappa shape index (κ1) is 26.1. The van der Waals surface area contributed by atoms with Gasteiger partial charge in [-0.3, -0.25) is 4.79 Å². The predicted molar refractivity (Wildman–Crippen MR) is 154 cm³/mol. The van der Waals surface area contributed by atoms with E-state index in [1.165, 1.54) is 40.5 Å². The van der Waals surface area contributed by atoms with E-state index in [2.05, 4.69) is 26.0 Å². The number of nitrogens with zero attached hydrogens (tertiary/aromatic N) is 4. The third kappa shape index (κ3) is 4.46. The minimum atomic E-state index is -0.836. The van der Waals surface area contributed by atoms with Crippen molar-refractivity contribution < 1.29 is 23.0 Å². The number of aryl methyl sites for hydroxylation is 2. The van der Waals surface area contributed by atoms with E-state index in [1.807, 2.05) is 12.1 Å². The summed E-state index contributed by atoms with van der Waals surface area (Å²) in [5.74, 6) is -1.77. The molecule has 214 valence electrons. The summed E-state index contributed by atoms with van der Waals surface area (Å²) in [6, 6.07) is 11.0. The number of carbonyl (C=O) groups excluding carboxylic acids is 1. The summed E-state index contributed by atoms with van der Waals surface area (Å²) < 4.78 is 40.2. The van der Waals surface area contributed by atoms with Gasteiger partial charge >= 0.3 is 0 Å². The van der Waals surface area contributed by atoms with Gasteiger partial charge < -0.3 is 25.1 Å². The van der Waals surface area contributed by atoms with Gasteiger partial charge in [-0.2, -0.15) is 5.10 Å². The predicted octanol–water partition coefficient (Wildman–Crippen LogP) is 5.34. The van der Waals surface area contributed by atoms with Gasteiger partial charge in [0.2, 0.25) is 17.4 Å². The number of carbonyl (C=O) groups is 1. The summed E-state index contributed by atoms with van der Waals surface area (Å²) in [5.41, 5.74) is 11.6. The number of fused-ring (bicyclic) bond motifs is 3. The molecule has 2 aliphatic rings. The standard InChI is InChI=1S/C31H28F2N6O3/c1-17-10-28(42-30-22(32)5-2-6-23(30)33)35-13-27(17)39-31(34)21(12-36-39)29(40)25-11-20-19-4-3-9-38(14-18-15-41-16-18)26(19)8-7-24(20)37-25/h2,5-8,10-13,18,37H,3-4,9,14-16,34H2,1H3. The number of hydrogen-bond acceptors (Lipinski definition) is 7. The summed E-state index contributed by atoms with van der Waals surface area (Å²) in [6.07, 6.45) is 4.86. The topological polar surface area (TPSA) is 111 Å². The lowest BCUT2D eigenvalue weighted by Gasteiger charge is -2.37. The van der Waals surface area contributed by atoms with E-state index in [1.54, 1.807) is 6.92 Å². The summed E-state index contributed by atoms with van der Waals surface area (Å²) in [7, 11) is 0. The number of anilines is 2. The fourth-order valence-electron chi connectivity index (χ4n) is 5.75. The lowest BCUT2D eigenvalue weighted by molar-refractivity contribution is -0.0277. The average Bonchev–Trinajstić information content (AvgIpc) is 3.57. The Balaban J connectivity index is 1.15. The average molecular weight is 571 g/mol. The van der Waals surface area contributed by atoms with Gasteiger partial charge in [0.05, 0.1) is 42.6 Å². The molecule has 0 bridgehead atoms. The van der Waals surface area contributed by atoms with Gasteiger partial charge in [0, 0.05) is 41.7 Å². The molecular formula is C31H28F2N6O3. The normalized spacial score (nSPS) is 15.1. The van der Waals surface area contributed by atoms with E-state index in [9.17, 15) is 13.6 Å². The number of ether oxygens (including phenoxy) is 2. The van der Waals surface area contributed by atoms with Crippen molar-refractivity contribution in [1.29, 1.82) is 0 Å². The van der Waals surface area contributed by atoms with E-state index in [-0.39, 0.29) is 23.0 Å². The number of pyridine rings is 1. The Morgan fingerprint density at radius 3 is 2.69 bits per heavy atom. The van der Waals surface area contributed by atoms with Crippen LogP contribution in [-0.4, -0.2) is 51.8 Å². The van der Waals surface area contributed by atoms with E-state index in [0.717, 1.165) is 62.2 Å². The molecule has 0 atom stereocenters. The Labute approximate surface area is 239 Å². The molecule has 0 amide bonds. The molecule has 5 aromatic rings. The highest BCUT2D eigenvalue weighted by Gasteiger charge is 2.27. The summed E-state index contributed by atoms with van der Waals surface area (Å²) in [6.45, 7) is 5.38. The summed E-state index contributed by atoms with van der Waals surface area (Å²) in [5, 5.41) is 5.39. The zero-order valence-corrected chi connectivity index (χ0v) is 22.9. The van der Waals surface area contributed by atoms with Crippen molar-refractivity contribution in [2.45, 2.75) is 19.8 Å². The van der Waals surface area contributed by atoms with Crippen LogP contribution in [-0.2, 0) is 11.2 Å². The first-order valence-electron chi connectivity index (χ1n) is 13.8. The largest absolute Gasteiger partial charge is 0.433 e. The van der Waals surface area contributed by atoms with Crippen molar-refractivity contribution in [2.24, 2.45) is 5.92 Å². The number of nitrogens with two attached hydrogens (primary N) is 1. The molecule has 5 heterocycles. The van der Waals surface area contributed by atoms with Crippen molar-refractivity contribution in [1.82, 2.24) is 19.7 Å². The number of halogens is 2. The van der Waals surface area contributed by atoms with Gasteiger partial charge in [-0.15, -0.1) is 0 Å². The fraction of sp³-hybridized carbons (Fsp3) is 0.258. The molecule has 0 spiro atoms. The smallest absolute Gasteiger partial charge is 0.219 e. The van der Waals surface area contributed by atoms with Gasteiger partial charge in [-0.05, 0) is 61.2 Å². The number of para-hydroxylation sites is 1. The minimum Gasteiger partial charge on any atom is -0.433 e. The second kappa shape index (κ2) is 10.3. The Morgan fingerprint density at radius 2 is 1.95 bits per heavy atom. The van der Waals surface area contributed by atoms with Crippen LogP contribution in [0.15, 0.2) is 54.9 Å². The number of nitrogens with one attached hydrogen (secondary N) is 1. The highest BCUT2D eigenvalue weighted by molar-refractivity contribution is 6.13. The first-order chi connectivity index (χ1) is 20.4. The molecule has 0 aliphatic carbocycles. The van der Waals surface area contributed by atoms with Gasteiger partial charge in [0.15, 0.2) is 11.6 Å². The van der Waals surface area contributed by atoms with E-state index >= 15 is 0 Å². The molecule has 0 radical (unpaired) electrons. The number of aromatic nitrogens is 4. The van der Waals surface area contributed by atoms with Crippen LogP contribution in [0.4, 0.5) is 20.3 Å². The molecule has 42 heavy (non-hydrogen) atoms. The Morgan fingerprint density at radius 1 is 1.14 bits per heavy atom. The molecule has 0 unspecified atom stereocenters. The maximum atomic E-state index is 14.0. The van der Waals surface area contributed by atoms with Gasteiger partial charge in [-0.25, -0.2) is 18.4 Å². The third-order valence-corrected chi connectivity index (χ3v) is 7.98.